The zero-order chi connectivity index (χ0) is 13.6. The average Bonchev–Trinajstić information content (AvgIpc) is 2.76. The highest BCUT2D eigenvalue weighted by molar-refractivity contribution is 7.14. The molecule has 19 heavy (non-hydrogen) atoms. The standard InChI is InChI=1S/C13H7Cl2NO2S/c1-6-5-16-12(19-6)9-3-7-2-8(14)4-10(15)11(7)18-13(9)17/h2-5H,1H3. The number of nitrogens with zero attached hydrogens (tertiary/aromatic N) is 1. The maximum Gasteiger partial charge on any atom is 0.346 e. The molecule has 2 aromatic heterocycles. The Morgan fingerprint density at radius 3 is 2.74 bits per heavy atom. The van der Waals surface area contributed by atoms with Crippen LogP contribution < -0.4 is 5.63 Å². The number of hydrogen-bond donors (Lipinski definition) is 0. The molecule has 0 saturated heterocycles. The SMILES string of the molecule is Cc1cnc(-c2cc3cc(Cl)cc(Cl)c3oc2=O)s1. The highest BCUT2D eigenvalue weighted by Gasteiger charge is 2.13. The maximum absolute atomic E-state index is 12.0. The van der Waals surface area contributed by atoms with Gasteiger partial charge in [0, 0.05) is 21.5 Å². The first-order chi connectivity index (χ1) is 9.04. The molecule has 0 N–H and O–H groups in total. The first-order valence-electron chi connectivity index (χ1n) is 5.40. The summed E-state index contributed by atoms with van der Waals surface area (Å²) in [5.41, 5.74) is 0.308. The number of aryl methyl sites for hydroxylation is 1. The van der Waals surface area contributed by atoms with E-state index >= 15 is 0 Å². The zero-order valence-corrected chi connectivity index (χ0v) is 12.1. The summed E-state index contributed by atoms with van der Waals surface area (Å²) in [7, 11) is 0. The molecule has 0 saturated carbocycles. The van der Waals surface area contributed by atoms with Crippen molar-refractivity contribution in [2.24, 2.45) is 0 Å². The molecule has 0 spiro atoms. The van der Waals surface area contributed by atoms with Crippen LogP contribution in [0.5, 0.6) is 0 Å². The van der Waals surface area contributed by atoms with Crippen LogP contribution in [0.15, 0.2) is 33.6 Å². The second-order valence-corrected chi connectivity index (χ2v) is 6.11. The molecule has 2 heterocycles. The molecule has 6 heteroatoms. The topological polar surface area (TPSA) is 43.1 Å². The van der Waals surface area contributed by atoms with Gasteiger partial charge in [-0.1, -0.05) is 23.2 Å². The van der Waals surface area contributed by atoms with Crippen molar-refractivity contribution in [1.29, 1.82) is 0 Å². The van der Waals surface area contributed by atoms with Crippen LogP contribution in [0.25, 0.3) is 21.5 Å². The van der Waals surface area contributed by atoms with Crippen molar-refractivity contribution in [3.05, 3.63) is 49.7 Å². The second kappa shape index (κ2) is 4.63. The fourth-order valence-electron chi connectivity index (χ4n) is 1.79. The highest BCUT2D eigenvalue weighted by Crippen LogP contribution is 2.30. The van der Waals surface area contributed by atoms with Crippen molar-refractivity contribution in [2.75, 3.05) is 0 Å². The predicted molar refractivity (Wildman–Crippen MR) is 78.3 cm³/mol. The first kappa shape index (κ1) is 12.7. The number of hydrogen-bond acceptors (Lipinski definition) is 4. The summed E-state index contributed by atoms with van der Waals surface area (Å²) in [5, 5.41) is 2.12. The van der Waals surface area contributed by atoms with Gasteiger partial charge >= 0.3 is 5.63 Å². The molecular formula is C13H7Cl2NO2S. The van der Waals surface area contributed by atoms with Gasteiger partial charge in [0.2, 0.25) is 0 Å². The third-order valence-electron chi connectivity index (χ3n) is 2.60. The lowest BCUT2D eigenvalue weighted by molar-refractivity contribution is 0.563. The number of aromatic nitrogens is 1. The molecule has 3 nitrogen and oxygen atoms in total. The maximum atomic E-state index is 12.0. The van der Waals surface area contributed by atoms with E-state index in [2.05, 4.69) is 4.98 Å². The Morgan fingerprint density at radius 2 is 2.05 bits per heavy atom. The van der Waals surface area contributed by atoms with Crippen molar-refractivity contribution in [3.8, 4) is 10.6 Å². The zero-order valence-electron chi connectivity index (χ0n) is 9.74. The van der Waals surface area contributed by atoms with E-state index in [1.54, 1.807) is 24.4 Å². The minimum absolute atomic E-state index is 0.321. The van der Waals surface area contributed by atoms with Crippen molar-refractivity contribution in [1.82, 2.24) is 4.98 Å². The number of rotatable bonds is 1. The van der Waals surface area contributed by atoms with Crippen LogP contribution in [0, 0.1) is 6.92 Å². The lowest BCUT2D eigenvalue weighted by atomic mass is 10.2. The Labute approximate surface area is 122 Å². The summed E-state index contributed by atoms with van der Waals surface area (Å²) in [6.45, 7) is 1.93. The molecule has 0 aliphatic carbocycles. The van der Waals surface area contributed by atoms with Crippen LogP contribution in [0.2, 0.25) is 10.0 Å². The molecule has 0 bridgehead atoms. The van der Waals surface area contributed by atoms with Crippen LogP contribution >= 0.6 is 34.5 Å². The van der Waals surface area contributed by atoms with Gasteiger partial charge in [-0.25, -0.2) is 9.78 Å². The predicted octanol–water partition coefficient (Wildman–Crippen LogP) is 4.53. The van der Waals surface area contributed by atoms with Gasteiger partial charge in [0.25, 0.3) is 0 Å². The van der Waals surface area contributed by atoms with Crippen molar-refractivity contribution in [3.63, 3.8) is 0 Å². The van der Waals surface area contributed by atoms with E-state index < -0.39 is 5.63 Å². The minimum Gasteiger partial charge on any atom is -0.421 e. The Bertz CT molecular complexity index is 838. The molecule has 0 aliphatic rings. The van der Waals surface area contributed by atoms with Gasteiger partial charge in [-0.15, -0.1) is 11.3 Å². The number of fused-ring (bicyclic) bond motifs is 1. The Morgan fingerprint density at radius 1 is 1.26 bits per heavy atom. The first-order valence-corrected chi connectivity index (χ1v) is 6.97. The third kappa shape index (κ3) is 2.27. The van der Waals surface area contributed by atoms with E-state index in [0.717, 1.165) is 4.88 Å². The van der Waals surface area contributed by atoms with Crippen molar-refractivity contribution in [2.45, 2.75) is 6.92 Å². The van der Waals surface area contributed by atoms with Gasteiger partial charge < -0.3 is 4.42 Å². The Kier molecular flexibility index (Phi) is 3.09. The number of benzene rings is 1. The molecule has 96 valence electrons. The highest BCUT2D eigenvalue weighted by atomic mass is 35.5. The van der Waals surface area contributed by atoms with Crippen molar-refractivity contribution >= 4 is 45.5 Å². The van der Waals surface area contributed by atoms with Gasteiger partial charge in [0.1, 0.15) is 5.01 Å². The van der Waals surface area contributed by atoms with Crippen LogP contribution in [0.3, 0.4) is 0 Å². The van der Waals surface area contributed by atoms with Gasteiger partial charge in [0.15, 0.2) is 5.58 Å². The van der Waals surface area contributed by atoms with Crippen LogP contribution in [0.1, 0.15) is 4.88 Å². The van der Waals surface area contributed by atoms with Crippen LogP contribution in [-0.2, 0) is 0 Å². The summed E-state index contributed by atoms with van der Waals surface area (Å²) >= 11 is 13.4. The lowest BCUT2D eigenvalue weighted by Gasteiger charge is -2.02. The van der Waals surface area contributed by atoms with Gasteiger partial charge in [-0.3, -0.25) is 0 Å². The normalized spacial score (nSPS) is 11.1. The molecule has 0 amide bonds. The average molecular weight is 312 g/mol. The molecule has 1 aromatic carbocycles. The number of thiazole rings is 1. The van der Waals surface area contributed by atoms with Gasteiger partial charge in [-0.05, 0) is 25.1 Å². The molecule has 0 fully saturated rings. The van der Waals surface area contributed by atoms with Crippen LogP contribution in [0.4, 0.5) is 0 Å². The summed E-state index contributed by atoms with van der Waals surface area (Å²) in [6, 6.07) is 4.95. The molecule has 3 aromatic rings. The lowest BCUT2D eigenvalue weighted by Crippen LogP contribution is -2.02. The van der Waals surface area contributed by atoms with Crippen LogP contribution in [-0.4, -0.2) is 4.98 Å². The molecule has 0 atom stereocenters. The summed E-state index contributed by atoms with van der Waals surface area (Å²) in [5.74, 6) is 0. The third-order valence-corrected chi connectivity index (χ3v) is 4.05. The fraction of sp³-hybridized carbons (Fsp3) is 0.0769. The molecule has 0 unspecified atom stereocenters. The van der Waals surface area contributed by atoms with E-state index in [1.165, 1.54) is 11.3 Å². The smallest absolute Gasteiger partial charge is 0.346 e. The molecular weight excluding hydrogens is 305 g/mol. The monoisotopic (exact) mass is 311 g/mol. The molecule has 3 rings (SSSR count). The van der Waals surface area contributed by atoms with Gasteiger partial charge in [-0.2, -0.15) is 0 Å². The quantitative estimate of drug-likeness (QED) is 0.620. The van der Waals surface area contributed by atoms with E-state index in [0.29, 0.717) is 31.6 Å². The molecule has 0 aliphatic heterocycles. The molecule has 0 radical (unpaired) electrons. The second-order valence-electron chi connectivity index (χ2n) is 4.03. The van der Waals surface area contributed by atoms with E-state index in [9.17, 15) is 4.79 Å². The Balaban J connectivity index is 2.33. The van der Waals surface area contributed by atoms with E-state index in [4.69, 9.17) is 27.6 Å². The Hall–Kier alpha value is -1.36. The largest absolute Gasteiger partial charge is 0.421 e. The fourth-order valence-corrected chi connectivity index (χ4v) is 3.10. The summed E-state index contributed by atoms with van der Waals surface area (Å²) in [4.78, 5) is 17.2. The summed E-state index contributed by atoms with van der Waals surface area (Å²) in [6.07, 6.45) is 1.72. The van der Waals surface area contributed by atoms with Gasteiger partial charge in [0.05, 0.1) is 10.6 Å². The van der Waals surface area contributed by atoms with Crippen molar-refractivity contribution < 1.29 is 4.42 Å². The van der Waals surface area contributed by atoms with E-state index in [-0.39, 0.29) is 0 Å². The minimum atomic E-state index is -0.453. The summed E-state index contributed by atoms with van der Waals surface area (Å²) < 4.78 is 5.26. The number of halogens is 2. The van der Waals surface area contributed by atoms with E-state index in [1.807, 2.05) is 6.92 Å².